The van der Waals surface area contributed by atoms with Crippen molar-refractivity contribution in [2.24, 2.45) is 5.10 Å². The Labute approximate surface area is 174 Å². The SMILES string of the molecule is Fc1ccc2c(c1)C(Cl)=C(/C=N/NC(=S)Nc1ccc(Cl)c(Cl)c1)CS2. The molecule has 0 saturated heterocycles. The van der Waals surface area contributed by atoms with Crippen molar-refractivity contribution in [2.75, 3.05) is 11.1 Å². The summed E-state index contributed by atoms with van der Waals surface area (Å²) < 4.78 is 13.4. The van der Waals surface area contributed by atoms with E-state index in [0.717, 1.165) is 10.5 Å². The fraction of sp³-hybridized carbons (Fsp3) is 0.0588. The molecule has 1 heterocycles. The van der Waals surface area contributed by atoms with Gasteiger partial charge in [0.25, 0.3) is 0 Å². The number of thioether (sulfide) groups is 1. The van der Waals surface area contributed by atoms with E-state index in [-0.39, 0.29) is 10.9 Å². The first-order valence-corrected chi connectivity index (χ1v) is 9.83. The average molecular weight is 447 g/mol. The first kappa shape index (κ1) is 19.5. The second kappa shape index (κ2) is 8.59. The normalized spacial score (nSPS) is 13.7. The number of hydrogen-bond donors (Lipinski definition) is 2. The van der Waals surface area contributed by atoms with Crippen LogP contribution in [0.2, 0.25) is 10.0 Å². The number of nitrogens with zero attached hydrogens (tertiary/aromatic N) is 1. The minimum atomic E-state index is -0.328. The molecule has 1 aliphatic heterocycles. The maximum Gasteiger partial charge on any atom is 0.191 e. The van der Waals surface area contributed by atoms with E-state index < -0.39 is 0 Å². The summed E-state index contributed by atoms with van der Waals surface area (Å²) in [6.07, 6.45) is 1.58. The third kappa shape index (κ3) is 4.69. The van der Waals surface area contributed by atoms with Crippen molar-refractivity contribution in [1.82, 2.24) is 5.43 Å². The van der Waals surface area contributed by atoms with Crippen LogP contribution >= 0.6 is 58.8 Å². The molecule has 9 heteroatoms. The van der Waals surface area contributed by atoms with Crippen molar-refractivity contribution in [3.05, 3.63) is 63.4 Å². The van der Waals surface area contributed by atoms with Crippen LogP contribution in [0.4, 0.5) is 10.1 Å². The second-order valence-electron chi connectivity index (χ2n) is 5.22. The summed E-state index contributed by atoms with van der Waals surface area (Å²) in [7, 11) is 0. The van der Waals surface area contributed by atoms with E-state index in [9.17, 15) is 4.39 Å². The molecule has 26 heavy (non-hydrogen) atoms. The Hall–Kier alpha value is -1.31. The first-order chi connectivity index (χ1) is 12.4. The van der Waals surface area contributed by atoms with Gasteiger partial charge in [-0.3, -0.25) is 5.43 Å². The Bertz CT molecular complexity index is 931. The number of benzene rings is 2. The van der Waals surface area contributed by atoms with Crippen LogP contribution in [0.1, 0.15) is 5.56 Å². The van der Waals surface area contributed by atoms with Gasteiger partial charge in [0.15, 0.2) is 5.11 Å². The van der Waals surface area contributed by atoms with E-state index >= 15 is 0 Å². The molecule has 1 aliphatic rings. The topological polar surface area (TPSA) is 36.4 Å². The highest BCUT2D eigenvalue weighted by molar-refractivity contribution is 7.99. The summed E-state index contributed by atoms with van der Waals surface area (Å²) in [5, 5.41) is 8.68. The molecule has 0 unspecified atom stereocenters. The Morgan fingerprint density at radius 1 is 1.15 bits per heavy atom. The Morgan fingerprint density at radius 3 is 2.73 bits per heavy atom. The lowest BCUT2D eigenvalue weighted by atomic mass is 10.1. The maximum absolute atomic E-state index is 13.4. The summed E-state index contributed by atoms with van der Waals surface area (Å²) in [5.41, 5.74) is 4.83. The van der Waals surface area contributed by atoms with Crippen LogP contribution in [0.3, 0.4) is 0 Å². The van der Waals surface area contributed by atoms with Gasteiger partial charge in [0, 0.05) is 27.5 Å². The molecule has 0 amide bonds. The van der Waals surface area contributed by atoms with E-state index in [0.29, 0.717) is 32.1 Å². The zero-order chi connectivity index (χ0) is 18.7. The zero-order valence-corrected chi connectivity index (χ0v) is 16.9. The molecule has 2 N–H and O–H groups in total. The van der Waals surface area contributed by atoms with Gasteiger partial charge >= 0.3 is 0 Å². The monoisotopic (exact) mass is 445 g/mol. The van der Waals surface area contributed by atoms with Gasteiger partial charge in [0.1, 0.15) is 5.82 Å². The van der Waals surface area contributed by atoms with Crippen molar-refractivity contribution in [3.8, 4) is 0 Å². The van der Waals surface area contributed by atoms with E-state index in [2.05, 4.69) is 15.8 Å². The number of thiocarbonyl (C=S) groups is 1. The molecular formula is C17H11Cl3FN3S2. The number of hydrazone groups is 1. The third-order valence-electron chi connectivity index (χ3n) is 3.41. The van der Waals surface area contributed by atoms with Crippen molar-refractivity contribution in [1.29, 1.82) is 0 Å². The molecule has 0 aliphatic carbocycles. The minimum Gasteiger partial charge on any atom is -0.331 e. The molecule has 2 aromatic carbocycles. The van der Waals surface area contributed by atoms with E-state index in [1.165, 1.54) is 12.1 Å². The maximum atomic E-state index is 13.4. The molecule has 0 bridgehead atoms. The Balaban J connectivity index is 1.65. The number of rotatable bonds is 3. The number of nitrogens with one attached hydrogen (secondary N) is 2. The number of fused-ring (bicyclic) bond motifs is 1. The summed E-state index contributed by atoms with van der Waals surface area (Å²) >= 11 is 24.9. The van der Waals surface area contributed by atoms with Crippen LogP contribution in [0, 0.1) is 5.82 Å². The summed E-state index contributed by atoms with van der Waals surface area (Å²) in [4.78, 5) is 0.943. The highest BCUT2D eigenvalue weighted by Gasteiger charge is 2.17. The smallest absolute Gasteiger partial charge is 0.191 e. The molecule has 3 rings (SSSR count). The van der Waals surface area contributed by atoms with E-state index in [4.69, 9.17) is 47.0 Å². The lowest BCUT2D eigenvalue weighted by molar-refractivity contribution is 0.626. The van der Waals surface area contributed by atoms with Crippen LogP contribution in [0.25, 0.3) is 5.03 Å². The highest BCUT2D eigenvalue weighted by Crippen LogP contribution is 2.38. The number of anilines is 1. The van der Waals surface area contributed by atoms with Crippen molar-refractivity contribution >= 4 is 80.8 Å². The van der Waals surface area contributed by atoms with Gasteiger partial charge in [-0.25, -0.2) is 4.39 Å². The lowest BCUT2D eigenvalue weighted by Gasteiger charge is -2.17. The van der Waals surface area contributed by atoms with Gasteiger partial charge in [0.05, 0.1) is 21.3 Å². The van der Waals surface area contributed by atoms with Gasteiger partial charge in [0.2, 0.25) is 0 Å². The largest absolute Gasteiger partial charge is 0.331 e. The van der Waals surface area contributed by atoms with Crippen LogP contribution in [0.5, 0.6) is 0 Å². The van der Waals surface area contributed by atoms with Crippen molar-refractivity contribution < 1.29 is 4.39 Å². The fourth-order valence-corrected chi connectivity index (χ4v) is 4.07. The molecule has 0 atom stereocenters. The number of hydrogen-bond acceptors (Lipinski definition) is 3. The molecule has 2 aromatic rings. The molecule has 134 valence electrons. The molecule has 0 radical (unpaired) electrons. The minimum absolute atomic E-state index is 0.284. The molecular weight excluding hydrogens is 436 g/mol. The third-order valence-corrected chi connectivity index (χ3v) is 5.91. The Kier molecular flexibility index (Phi) is 6.42. The highest BCUT2D eigenvalue weighted by atomic mass is 35.5. The molecule has 0 saturated carbocycles. The average Bonchev–Trinajstić information content (AvgIpc) is 2.60. The van der Waals surface area contributed by atoms with E-state index in [1.54, 1.807) is 42.2 Å². The zero-order valence-electron chi connectivity index (χ0n) is 13.0. The fourth-order valence-electron chi connectivity index (χ4n) is 2.19. The van der Waals surface area contributed by atoms with Gasteiger partial charge in [-0.2, -0.15) is 5.10 Å². The van der Waals surface area contributed by atoms with Crippen LogP contribution in [0.15, 0.2) is 52.0 Å². The van der Waals surface area contributed by atoms with E-state index in [1.807, 2.05) is 0 Å². The van der Waals surface area contributed by atoms with Gasteiger partial charge < -0.3 is 5.32 Å². The quantitative estimate of drug-likeness (QED) is 0.336. The van der Waals surface area contributed by atoms with Crippen LogP contribution in [-0.4, -0.2) is 17.1 Å². The number of halogens is 4. The lowest BCUT2D eigenvalue weighted by Crippen LogP contribution is -2.24. The first-order valence-electron chi connectivity index (χ1n) is 7.30. The van der Waals surface area contributed by atoms with Gasteiger partial charge in [-0.15, -0.1) is 11.8 Å². The van der Waals surface area contributed by atoms with Gasteiger partial charge in [-0.1, -0.05) is 34.8 Å². The predicted molar refractivity (Wildman–Crippen MR) is 114 cm³/mol. The predicted octanol–water partition coefficient (Wildman–Crippen LogP) is 6.16. The Morgan fingerprint density at radius 2 is 1.96 bits per heavy atom. The molecule has 3 nitrogen and oxygen atoms in total. The van der Waals surface area contributed by atoms with Crippen molar-refractivity contribution in [2.45, 2.75) is 4.90 Å². The summed E-state index contributed by atoms with van der Waals surface area (Å²) in [6, 6.07) is 9.63. The summed E-state index contributed by atoms with van der Waals surface area (Å²) in [6.45, 7) is 0. The van der Waals surface area contributed by atoms with Gasteiger partial charge in [-0.05, 0) is 48.6 Å². The van der Waals surface area contributed by atoms with Crippen LogP contribution in [-0.2, 0) is 0 Å². The van der Waals surface area contributed by atoms with Crippen molar-refractivity contribution in [3.63, 3.8) is 0 Å². The van der Waals surface area contributed by atoms with Crippen LogP contribution < -0.4 is 10.7 Å². The second-order valence-corrected chi connectivity index (χ2v) is 7.84. The standard InChI is InChI=1S/C17H11Cl3FN3S2/c18-13-3-2-11(6-14(13)19)23-17(25)24-22-7-9-8-26-15-4-1-10(21)5-12(15)16(9)20/h1-7H,8H2,(H2,23,24,25)/b22-7+. The molecule has 0 spiro atoms. The molecule has 0 fully saturated rings. The summed E-state index contributed by atoms with van der Waals surface area (Å²) in [5.74, 6) is 0.307. The molecule has 0 aromatic heterocycles.